The highest BCUT2D eigenvalue weighted by atomic mass is 15.1. The molecule has 0 aliphatic heterocycles. The monoisotopic (exact) mass is 749 g/mol. The molecule has 0 aromatic heterocycles. The minimum absolute atomic E-state index is 1.09. The van der Waals surface area contributed by atoms with Crippen LogP contribution in [0.2, 0.25) is 0 Å². The molecule has 0 fully saturated rings. The predicted octanol–water partition coefficient (Wildman–Crippen LogP) is 16.4. The van der Waals surface area contributed by atoms with Crippen molar-refractivity contribution in [2.75, 3.05) is 4.90 Å². The van der Waals surface area contributed by atoms with E-state index >= 15 is 0 Å². The minimum atomic E-state index is 1.09. The third kappa shape index (κ3) is 6.12. The van der Waals surface area contributed by atoms with Crippen molar-refractivity contribution in [1.29, 1.82) is 0 Å². The molecular weight excluding hydrogens is 711 g/mol. The standard InChI is InChI=1S/C58H39N/c1-2-16-40(17-3-1)47-23-8-9-25-49(47)43-21-14-22-46(38-43)59(45-34-32-42(33-35-45)57-39-44-19-5-7-26-50(44)51-27-10-11-29-54(51)57)58-37-36-55(53-28-12-13-30-56(53)58)52-31-15-20-41-18-4-6-24-48(41)52/h1-39H. The van der Waals surface area contributed by atoms with Crippen molar-refractivity contribution in [2.45, 2.75) is 0 Å². The largest absolute Gasteiger partial charge is 0.310 e. The molecule has 11 aromatic rings. The molecular formula is C58H39N. The van der Waals surface area contributed by atoms with Gasteiger partial charge in [0.1, 0.15) is 0 Å². The average Bonchev–Trinajstić information content (AvgIpc) is 3.32. The van der Waals surface area contributed by atoms with Crippen molar-refractivity contribution in [2.24, 2.45) is 0 Å². The number of benzene rings is 11. The highest BCUT2D eigenvalue weighted by Crippen LogP contribution is 2.45. The Morgan fingerprint density at radius 2 is 0.729 bits per heavy atom. The first-order chi connectivity index (χ1) is 29.3. The molecule has 59 heavy (non-hydrogen) atoms. The zero-order valence-electron chi connectivity index (χ0n) is 32.5. The second-order valence-corrected chi connectivity index (χ2v) is 15.2. The van der Waals surface area contributed by atoms with E-state index in [0.717, 1.165) is 17.1 Å². The maximum absolute atomic E-state index is 2.44. The Morgan fingerprint density at radius 1 is 0.220 bits per heavy atom. The Balaban J connectivity index is 1.11. The van der Waals surface area contributed by atoms with E-state index in [2.05, 4.69) is 241 Å². The Bertz CT molecular complexity index is 3320. The Labute approximate surface area is 344 Å². The fourth-order valence-corrected chi connectivity index (χ4v) is 9.10. The summed E-state index contributed by atoms with van der Waals surface area (Å²) in [7, 11) is 0. The first kappa shape index (κ1) is 34.5. The van der Waals surface area contributed by atoms with Crippen LogP contribution in [0, 0.1) is 0 Å². The van der Waals surface area contributed by atoms with Crippen molar-refractivity contribution in [3.63, 3.8) is 0 Å². The summed E-state index contributed by atoms with van der Waals surface area (Å²) in [4.78, 5) is 2.44. The normalized spacial score (nSPS) is 11.4. The Kier molecular flexibility index (Phi) is 8.56. The molecule has 11 rings (SSSR count). The lowest BCUT2D eigenvalue weighted by atomic mass is 9.92. The molecule has 0 aliphatic carbocycles. The number of hydrogen-bond acceptors (Lipinski definition) is 1. The van der Waals surface area contributed by atoms with E-state index in [9.17, 15) is 0 Å². The van der Waals surface area contributed by atoms with Gasteiger partial charge in [0.05, 0.1) is 5.69 Å². The first-order valence-corrected chi connectivity index (χ1v) is 20.3. The van der Waals surface area contributed by atoms with Crippen molar-refractivity contribution in [3.05, 3.63) is 237 Å². The quantitative estimate of drug-likeness (QED) is 0.147. The van der Waals surface area contributed by atoms with Gasteiger partial charge in [0.25, 0.3) is 0 Å². The lowest BCUT2D eigenvalue weighted by molar-refractivity contribution is 1.30. The molecule has 0 unspecified atom stereocenters. The SMILES string of the molecule is c1ccc(-c2ccccc2-c2cccc(N(c3ccc(-c4cc5ccccc5c5ccccc45)cc3)c3ccc(-c4cccc5ccccc45)c4ccccc34)c2)cc1. The van der Waals surface area contributed by atoms with Crippen LogP contribution in [0.25, 0.3) is 87.6 Å². The van der Waals surface area contributed by atoms with Crippen molar-refractivity contribution in [3.8, 4) is 44.5 Å². The van der Waals surface area contributed by atoms with E-state index in [0.29, 0.717) is 0 Å². The smallest absolute Gasteiger partial charge is 0.0540 e. The second kappa shape index (κ2) is 14.6. The molecule has 276 valence electrons. The summed E-state index contributed by atoms with van der Waals surface area (Å²) in [6.45, 7) is 0. The van der Waals surface area contributed by atoms with Crippen LogP contribution in [0.4, 0.5) is 17.1 Å². The van der Waals surface area contributed by atoms with Crippen LogP contribution in [0.5, 0.6) is 0 Å². The van der Waals surface area contributed by atoms with Crippen LogP contribution in [0.15, 0.2) is 237 Å². The van der Waals surface area contributed by atoms with E-state index < -0.39 is 0 Å². The molecule has 0 aliphatic rings. The van der Waals surface area contributed by atoms with Gasteiger partial charge in [-0.3, -0.25) is 0 Å². The Hall–Kier alpha value is -7.74. The number of hydrogen-bond donors (Lipinski definition) is 0. The lowest BCUT2D eigenvalue weighted by Gasteiger charge is -2.28. The number of anilines is 3. The zero-order chi connectivity index (χ0) is 39.1. The topological polar surface area (TPSA) is 3.24 Å². The van der Waals surface area contributed by atoms with Crippen molar-refractivity contribution >= 4 is 60.2 Å². The third-order valence-corrected chi connectivity index (χ3v) is 11.9. The third-order valence-electron chi connectivity index (χ3n) is 11.9. The van der Waals surface area contributed by atoms with Gasteiger partial charge >= 0.3 is 0 Å². The zero-order valence-corrected chi connectivity index (χ0v) is 32.5. The van der Waals surface area contributed by atoms with Gasteiger partial charge in [0.15, 0.2) is 0 Å². The lowest BCUT2D eigenvalue weighted by Crippen LogP contribution is -2.11. The van der Waals surface area contributed by atoms with Crippen molar-refractivity contribution < 1.29 is 0 Å². The summed E-state index contributed by atoms with van der Waals surface area (Å²) in [6.07, 6.45) is 0. The summed E-state index contributed by atoms with van der Waals surface area (Å²) in [5, 5.41) is 9.97. The molecule has 1 nitrogen and oxygen atoms in total. The van der Waals surface area contributed by atoms with Crippen LogP contribution in [0.1, 0.15) is 0 Å². The number of fused-ring (bicyclic) bond motifs is 5. The number of rotatable bonds is 7. The van der Waals surface area contributed by atoms with Gasteiger partial charge in [-0.25, -0.2) is 0 Å². The molecule has 0 radical (unpaired) electrons. The molecule has 0 saturated carbocycles. The van der Waals surface area contributed by atoms with Gasteiger partial charge in [0, 0.05) is 16.8 Å². The molecule has 0 spiro atoms. The van der Waals surface area contributed by atoms with Crippen molar-refractivity contribution in [1.82, 2.24) is 0 Å². The molecule has 0 amide bonds. The second-order valence-electron chi connectivity index (χ2n) is 15.2. The molecule has 0 N–H and O–H groups in total. The molecule has 0 bridgehead atoms. The van der Waals surface area contributed by atoms with Gasteiger partial charge in [-0.05, 0) is 119 Å². The first-order valence-electron chi connectivity index (χ1n) is 20.3. The van der Waals surface area contributed by atoms with Gasteiger partial charge in [-0.1, -0.05) is 200 Å². The van der Waals surface area contributed by atoms with E-state index in [4.69, 9.17) is 0 Å². The van der Waals surface area contributed by atoms with E-state index in [1.54, 1.807) is 0 Å². The van der Waals surface area contributed by atoms with Crippen LogP contribution in [-0.2, 0) is 0 Å². The molecule has 1 heteroatoms. The van der Waals surface area contributed by atoms with Crippen LogP contribution >= 0.6 is 0 Å². The van der Waals surface area contributed by atoms with E-state index in [-0.39, 0.29) is 0 Å². The molecule has 0 saturated heterocycles. The minimum Gasteiger partial charge on any atom is -0.310 e. The summed E-state index contributed by atoms with van der Waals surface area (Å²) >= 11 is 0. The van der Waals surface area contributed by atoms with Gasteiger partial charge < -0.3 is 4.90 Å². The van der Waals surface area contributed by atoms with Crippen LogP contribution in [0.3, 0.4) is 0 Å². The highest BCUT2D eigenvalue weighted by molar-refractivity contribution is 6.14. The Morgan fingerprint density at radius 3 is 1.51 bits per heavy atom. The van der Waals surface area contributed by atoms with Gasteiger partial charge in [-0.15, -0.1) is 0 Å². The van der Waals surface area contributed by atoms with E-state index in [1.807, 2.05) is 0 Å². The van der Waals surface area contributed by atoms with Crippen LogP contribution < -0.4 is 4.90 Å². The summed E-state index contributed by atoms with van der Waals surface area (Å²) in [6, 6.07) is 86.3. The van der Waals surface area contributed by atoms with Gasteiger partial charge in [-0.2, -0.15) is 0 Å². The summed E-state index contributed by atoms with van der Waals surface area (Å²) < 4.78 is 0. The summed E-state index contributed by atoms with van der Waals surface area (Å²) in [5.41, 5.74) is 13.0. The molecule has 11 aromatic carbocycles. The fourth-order valence-electron chi connectivity index (χ4n) is 9.10. The summed E-state index contributed by atoms with van der Waals surface area (Å²) in [5.74, 6) is 0. The predicted molar refractivity (Wildman–Crippen MR) is 253 cm³/mol. The maximum atomic E-state index is 2.44. The molecule has 0 atom stereocenters. The number of nitrogens with zero attached hydrogens (tertiary/aromatic N) is 1. The van der Waals surface area contributed by atoms with Crippen LogP contribution in [-0.4, -0.2) is 0 Å². The maximum Gasteiger partial charge on any atom is 0.0540 e. The highest BCUT2D eigenvalue weighted by Gasteiger charge is 2.20. The molecule has 0 heterocycles. The average molecular weight is 750 g/mol. The fraction of sp³-hybridized carbons (Fsp3) is 0. The van der Waals surface area contributed by atoms with Gasteiger partial charge in [0.2, 0.25) is 0 Å². The van der Waals surface area contributed by atoms with E-state index in [1.165, 1.54) is 87.6 Å².